The average molecular weight is 420 g/mol. The van der Waals surface area contributed by atoms with E-state index < -0.39 is 5.41 Å². The fourth-order valence-electron chi connectivity index (χ4n) is 4.35. The lowest BCUT2D eigenvalue weighted by Gasteiger charge is -2.36. The van der Waals surface area contributed by atoms with Crippen molar-refractivity contribution >= 4 is 5.91 Å². The van der Waals surface area contributed by atoms with Crippen molar-refractivity contribution < 1.29 is 19.0 Å². The first-order valence-electron chi connectivity index (χ1n) is 10.8. The van der Waals surface area contributed by atoms with E-state index in [9.17, 15) is 4.79 Å². The number of hydrogen-bond acceptors (Lipinski definition) is 4. The molecule has 2 aromatic rings. The van der Waals surface area contributed by atoms with Gasteiger partial charge in [0.15, 0.2) is 11.5 Å². The number of carbonyl (C=O) groups is 1. The van der Waals surface area contributed by atoms with E-state index in [1.54, 1.807) is 0 Å². The van der Waals surface area contributed by atoms with E-state index in [1.807, 2.05) is 42.5 Å². The maximum atomic E-state index is 13.1. The lowest BCUT2D eigenvalue weighted by Crippen LogP contribution is -2.48. The summed E-state index contributed by atoms with van der Waals surface area (Å²) < 4.78 is 17.3. The SMILES string of the molecule is CC1(C)Cc2cccc(OCC#CCNC(=O)C3(c4ccccc4)CCOCC3)c2O1. The van der Waals surface area contributed by atoms with Gasteiger partial charge in [-0.15, -0.1) is 0 Å². The molecule has 0 atom stereocenters. The summed E-state index contributed by atoms with van der Waals surface area (Å²) in [4.78, 5) is 13.1. The van der Waals surface area contributed by atoms with E-state index >= 15 is 0 Å². The Labute approximate surface area is 184 Å². The van der Waals surface area contributed by atoms with Crippen LogP contribution in [-0.2, 0) is 21.4 Å². The largest absolute Gasteiger partial charge is 0.483 e. The molecule has 0 spiro atoms. The predicted molar refractivity (Wildman–Crippen MR) is 119 cm³/mol. The van der Waals surface area contributed by atoms with Crippen LogP contribution in [0.4, 0.5) is 0 Å². The van der Waals surface area contributed by atoms with Crippen LogP contribution in [0, 0.1) is 11.8 Å². The Balaban J connectivity index is 1.32. The normalized spacial score (nSPS) is 18.1. The van der Waals surface area contributed by atoms with Crippen LogP contribution in [0.1, 0.15) is 37.8 Å². The molecule has 0 aromatic heterocycles. The van der Waals surface area contributed by atoms with Crippen molar-refractivity contribution in [2.45, 2.75) is 44.1 Å². The van der Waals surface area contributed by atoms with Gasteiger partial charge < -0.3 is 19.5 Å². The second kappa shape index (κ2) is 9.03. The van der Waals surface area contributed by atoms with Crippen LogP contribution >= 0.6 is 0 Å². The molecule has 0 radical (unpaired) electrons. The van der Waals surface area contributed by atoms with Gasteiger partial charge in [0.2, 0.25) is 5.91 Å². The number of rotatable bonds is 5. The smallest absolute Gasteiger partial charge is 0.231 e. The highest BCUT2D eigenvalue weighted by Crippen LogP contribution is 2.41. The van der Waals surface area contributed by atoms with Crippen molar-refractivity contribution in [2.75, 3.05) is 26.4 Å². The monoisotopic (exact) mass is 419 g/mol. The highest BCUT2D eigenvalue weighted by atomic mass is 16.5. The minimum absolute atomic E-state index is 0.00808. The third kappa shape index (κ3) is 4.70. The van der Waals surface area contributed by atoms with Gasteiger partial charge in [0.1, 0.15) is 12.2 Å². The molecule has 1 amide bonds. The van der Waals surface area contributed by atoms with Crippen molar-refractivity contribution in [1.29, 1.82) is 0 Å². The molecular weight excluding hydrogens is 390 g/mol. The Morgan fingerprint density at radius 1 is 1.06 bits per heavy atom. The lowest BCUT2D eigenvalue weighted by atomic mass is 9.73. The minimum atomic E-state index is -0.549. The third-order valence-corrected chi connectivity index (χ3v) is 5.92. The summed E-state index contributed by atoms with van der Waals surface area (Å²) >= 11 is 0. The number of amides is 1. The van der Waals surface area contributed by atoms with Crippen molar-refractivity contribution in [2.24, 2.45) is 0 Å². The summed E-state index contributed by atoms with van der Waals surface area (Å²) in [6.07, 6.45) is 2.22. The minimum Gasteiger partial charge on any atom is -0.483 e. The Hall–Kier alpha value is -2.97. The van der Waals surface area contributed by atoms with Crippen molar-refractivity contribution in [3.8, 4) is 23.3 Å². The standard InChI is InChI=1S/C26H29NO4/c1-25(2)19-20-9-8-12-22(23(20)31-25)30-16-7-6-15-27-24(28)26(13-17-29-18-14-26)21-10-4-3-5-11-21/h3-5,8-12H,13-19H2,1-2H3,(H,27,28). The van der Waals surface area contributed by atoms with E-state index in [0.29, 0.717) is 31.8 Å². The molecule has 1 saturated heterocycles. The number of benzene rings is 2. The number of para-hydroxylation sites is 1. The molecular formula is C26H29NO4. The molecule has 0 unspecified atom stereocenters. The zero-order chi connectivity index (χ0) is 21.7. The van der Waals surface area contributed by atoms with E-state index in [1.165, 1.54) is 0 Å². The summed E-state index contributed by atoms with van der Waals surface area (Å²) in [6.45, 7) is 5.84. The van der Waals surface area contributed by atoms with E-state index in [2.05, 4.69) is 37.1 Å². The molecule has 1 fully saturated rings. The van der Waals surface area contributed by atoms with E-state index in [0.717, 1.165) is 23.3 Å². The molecule has 162 valence electrons. The number of fused-ring (bicyclic) bond motifs is 1. The molecule has 0 saturated carbocycles. The van der Waals surface area contributed by atoms with Gasteiger partial charge in [-0.3, -0.25) is 4.79 Å². The zero-order valence-electron chi connectivity index (χ0n) is 18.2. The first-order valence-corrected chi connectivity index (χ1v) is 10.8. The molecule has 1 N–H and O–H groups in total. The average Bonchev–Trinajstić information content (AvgIpc) is 3.11. The second-order valence-electron chi connectivity index (χ2n) is 8.67. The second-order valence-corrected chi connectivity index (χ2v) is 8.67. The quantitative estimate of drug-likeness (QED) is 0.752. The summed E-state index contributed by atoms with van der Waals surface area (Å²) in [5.74, 6) is 7.52. The highest BCUT2D eigenvalue weighted by molar-refractivity contribution is 5.88. The molecule has 0 aliphatic carbocycles. The molecule has 2 heterocycles. The van der Waals surface area contributed by atoms with Gasteiger partial charge >= 0.3 is 0 Å². The maximum Gasteiger partial charge on any atom is 0.231 e. The van der Waals surface area contributed by atoms with Crippen LogP contribution in [-0.4, -0.2) is 37.9 Å². The van der Waals surface area contributed by atoms with Crippen LogP contribution in [0.5, 0.6) is 11.5 Å². The van der Waals surface area contributed by atoms with Gasteiger partial charge in [-0.05, 0) is 38.3 Å². The number of nitrogens with one attached hydrogen (secondary N) is 1. The predicted octanol–water partition coefficient (Wildman–Crippen LogP) is 3.65. The molecule has 5 nitrogen and oxygen atoms in total. The summed E-state index contributed by atoms with van der Waals surface area (Å²) in [5.41, 5.74) is 1.43. The first kappa shape index (κ1) is 21.3. The van der Waals surface area contributed by atoms with Crippen molar-refractivity contribution in [3.05, 3.63) is 59.7 Å². The van der Waals surface area contributed by atoms with Gasteiger partial charge in [-0.1, -0.05) is 54.3 Å². The molecule has 5 heteroatoms. The summed E-state index contributed by atoms with van der Waals surface area (Å²) in [7, 11) is 0. The molecule has 31 heavy (non-hydrogen) atoms. The Bertz CT molecular complexity index is 981. The lowest BCUT2D eigenvalue weighted by molar-refractivity contribution is -0.130. The maximum absolute atomic E-state index is 13.1. The van der Waals surface area contributed by atoms with Crippen LogP contribution in [0.3, 0.4) is 0 Å². The van der Waals surface area contributed by atoms with Crippen LogP contribution < -0.4 is 14.8 Å². The van der Waals surface area contributed by atoms with Crippen LogP contribution in [0.2, 0.25) is 0 Å². The van der Waals surface area contributed by atoms with Gasteiger partial charge in [0.25, 0.3) is 0 Å². The molecule has 2 aliphatic rings. The number of hydrogen-bond donors (Lipinski definition) is 1. The Morgan fingerprint density at radius 2 is 1.84 bits per heavy atom. The zero-order valence-corrected chi connectivity index (χ0v) is 18.2. The van der Waals surface area contributed by atoms with Gasteiger partial charge in [0.05, 0.1) is 12.0 Å². The molecule has 0 bridgehead atoms. The summed E-state index contributed by atoms with van der Waals surface area (Å²) in [6, 6.07) is 15.9. The highest BCUT2D eigenvalue weighted by Gasteiger charge is 2.41. The fourth-order valence-corrected chi connectivity index (χ4v) is 4.35. The number of carbonyl (C=O) groups excluding carboxylic acids is 1. The third-order valence-electron chi connectivity index (χ3n) is 5.92. The van der Waals surface area contributed by atoms with E-state index in [-0.39, 0.29) is 24.7 Å². The van der Waals surface area contributed by atoms with Crippen molar-refractivity contribution in [3.63, 3.8) is 0 Å². The number of ether oxygens (including phenoxy) is 3. The van der Waals surface area contributed by atoms with Gasteiger partial charge in [-0.25, -0.2) is 0 Å². The van der Waals surface area contributed by atoms with Crippen LogP contribution in [0.25, 0.3) is 0 Å². The summed E-state index contributed by atoms with van der Waals surface area (Å²) in [5, 5.41) is 2.99. The van der Waals surface area contributed by atoms with Gasteiger partial charge in [-0.2, -0.15) is 0 Å². The Morgan fingerprint density at radius 3 is 2.61 bits per heavy atom. The molecule has 2 aliphatic heterocycles. The molecule has 2 aromatic carbocycles. The van der Waals surface area contributed by atoms with Gasteiger partial charge in [0, 0.05) is 25.2 Å². The van der Waals surface area contributed by atoms with E-state index in [4.69, 9.17) is 14.2 Å². The molecule has 4 rings (SSSR count). The Kier molecular flexibility index (Phi) is 6.20. The van der Waals surface area contributed by atoms with Crippen molar-refractivity contribution in [1.82, 2.24) is 5.32 Å². The topological polar surface area (TPSA) is 56.8 Å². The van der Waals surface area contributed by atoms with Crippen LogP contribution in [0.15, 0.2) is 48.5 Å². The first-order chi connectivity index (χ1) is 15.0. The fraction of sp³-hybridized carbons (Fsp3) is 0.423.